The van der Waals surface area contributed by atoms with E-state index in [9.17, 15) is 10.3 Å². The van der Waals surface area contributed by atoms with Crippen molar-refractivity contribution in [3.05, 3.63) is 108 Å². The van der Waals surface area contributed by atoms with Crippen LogP contribution in [0, 0.1) is 0 Å². The van der Waals surface area contributed by atoms with E-state index in [4.69, 9.17) is 9.47 Å². The predicted molar refractivity (Wildman–Crippen MR) is 118 cm³/mol. The Morgan fingerprint density at radius 3 is 1.68 bits per heavy atom. The number of benzene rings is 3. The minimum absolute atomic E-state index is 0.202. The van der Waals surface area contributed by atoms with Gasteiger partial charge in [0.1, 0.15) is 12.2 Å². The summed E-state index contributed by atoms with van der Waals surface area (Å²) in [6.07, 6.45) is -1.13. The van der Waals surface area contributed by atoms with Gasteiger partial charge in [0.2, 0.25) is 0 Å². The third-order valence-electron chi connectivity index (χ3n) is 5.63. The molecule has 0 radical (unpaired) electrons. The van der Waals surface area contributed by atoms with Crippen LogP contribution in [0.3, 0.4) is 0 Å². The molecule has 0 spiro atoms. The number of rotatable bonds is 7. The van der Waals surface area contributed by atoms with E-state index in [0.29, 0.717) is 0 Å². The van der Waals surface area contributed by atoms with E-state index in [0.717, 1.165) is 16.7 Å². The molecule has 0 bridgehead atoms. The van der Waals surface area contributed by atoms with Crippen molar-refractivity contribution in [2.45, 2.75) is 43.9 Å². The molecule has 1 fully saturated rings. The summed E-state index contributed by atoms with van der Waals surface area (Å²) in [5.41, 5.74) is 2.79. The van der Waals surface area contributed by atoms with Gasteiger partial charge in [0.05, 0.1) is 18.7 Å². The van der Waals surface area contributed by atoms with E-state index < -0.39 is 30.1 Å². The molecule has 0 aromatic heterocycles. The molecule has 1 aliphatic rings. The fraction of sp³-hybridized carbons (Fsp3) is 0.308. The van der Waals surface area contributed by atoms with Gasteiger partial charge in [-0.25, -0.2) is 0 Å². The van der Waals surface area contributed by atoms with Crippen molar-refractivity contribution in [3.8, 4) is 0 Å². The Labute approximate surface area is 183 Å². The second kappa shape index (κ2) is 9.30. The second-order valence-electron chi connectivity index (χ2n) is 8.28. The van der Waals surface area contributed by atoms with Crippen molar-refractivity contribution in [3.63, 3.8) is 0 Å². The molecular weight excluding hydrogens is 390 g/mol. The normalized spacial score (nSPS) is 21.5. The van der Waals surface area contributed by atoms with Crippen LogP contribution in [0.25, 0.3) is 0 Å². The third-order valence-corrected chi connectivity index (χ3v) is 5.63. The van der Waals surface area contributed by atoms with Crippen LogP contribution in [0.1, 0.15) is 42.6 Å². The standard InChI is InChI=1S/C26H29NO4/c1-26(2)30-22(18-28)25(31-26)24(21-16-10-5-11-17-21)27(29)23(19-12-6-3-7-13-19)20-14-8-4-9-15-20/h3-17,22-25,28-29H,18H2,1-2H3/t22-,24+,25-/m1/s1. The van der Waals surface area contributed by atoms with Crippen molar-refractivity contribution >= 4 is 0 Å². The summed E-state index contributed by atoms with van der Waals surface area (Å²) in [7, 11) is 0. The second-order valence-corrected chi connectivity index (χ2v) is 8.28. The van der Waals surface area contributed by atoms with Crippen molar-refractivity contribution < 1.29 is 19.8 Å². The van der Waals surface area contributed by atoms with Crippen molar-refractivity contribution in [1.82, 2.24) is 5.06 Å². The lowest BCUT2D eigenvalue weighted by Crippen LogP contribution is -2.43. The first-order valence-electron chi connectivity index (χ1n) is 10.6. The minimum atomic E-state index is -0.860. The van der Waals surface area contributed by atoms with Crippen molar-refractivity contribution in [2.24, 2.45) is 0 Å². The Kier molecular flexibility index (Phi) is 6.51. The van der Waals surface area contributed by atoms with Crippen molar-refractivity contribution in [2.75, 3.05) is 6.61 Å². The van der Waals surface area contributed by atoms with E-state index in [1.54, 1.807) is 0 Å². The lowest BCUT2D eigenvalue weighted by atomic mass is 9.92. The van der Waals surface area contributed by atoms with Gasteiger partial charge in [-0.3, -0.25) is 0 Å². The van der Waals surface area contributed by atoms with E-state index in [2.05, 4.69) is 0 Å². The molecule has 0 saturated carbocycles. The van der Waals surface area contributed by atoms with E-state index in [1.807, 2.05) is 105 Å². The molecule has 162 valence electrons. The first-order valence-corrected chi connectivity index (χ1v) is 10.6. The van der Waals surface area contributed by atoms with Gasteiger partial charge in [-0.05, 0) is 30.5 Å². The minimum Gasteiger partial charge on any atom is -0.394 e. The Balaban J connectivity index is 1.81. The van der Waals surface area contributed by atoms with Crippen LogP contribution in [-0.4, -0.2) is 40.0 Å². The molecular formula is C26H29NO4. The number of aliphatic hydroxyl groups is 1. The van der Waals surface area contributed by atoms with Crippen LogP contribution >= 0.6 is 0 Å². The van der Waals surface area contributed by atoms with Gasteiger partial charge in [0, 0.05) is 0 Å². The maximum atomic E-state index is 11.8. The SMILES string of the molecule is CC1(C)O[C@@H]([C@H](c2ccccc2)N(O)C(c2ccccc2)c2ccccc2)[C@@H](CO)O1. The molecule has 0 amide bonds. The fourth-order valence-corrected chi connectivity index (χ4v) is 4.34. The average molecular weight is 420 g/mol. The van der Waals surface area contributed by atoms with Crippen LogP contribution in [0.4, 0.5) is 0 Å². The Bertz CT molecular complexity index is 909. The molecule has 1 aliphatic heterocycles. The fourth-order valence-electron chi connectivity index (χ4n) is 4.34. The van der Waals surface area contributed by atoms with Crippen LogP contribution < -0.4 is 0 Å². The first kappa shape index (κ1) is 21.7. The summed E-state index contributed by atoms with van der Waals surface area (Å²) in [6, 6.07) is 28.5. The Morgan fingerprint density at radius 2 is 1.23 bits per heavy atom. The summed E-state index contributed by atoms with van der Waals surface area (Å²) < 4.78 is 12.2. The van der Waals surface area contributed by atoms with Gasteiger partial charge in [-0.1, -0.05) is 91.0 Å². The topological polar surface area (TPSA) is 62.2 Å². The molecule has 3 atom stereocenters. The zero-order valence-electron chi connectivity index (χ0n) is 17.8. The largest absolute Gasteiger partial charge is 0.394 e. The molecule has 1 saturated heterocycles. The summed E-state index contributed by atoms with van der Waals surface area (Å²) in [5.74, 6) is -0.860. The number of hydrogen-bond acceptors (Lipinski definition) is 5. The molecule has 31 heavy (non-hydrogen) atoms. The molecule has 5 nitrogen and oxygen atoms in total. The van der Waals surface area contributed by atoms with E-state index >= 15 is 0 Å². The highest BCUT2D eigenvalue weighted by atomic mass is 16.8. The van der Waals surface area contributed by atoms with E-state index in [1.165, 1.54) is 5.06 Å². The molecule has 4 rings (SSSR count). The maximum absolute atomic E-state index is 11.8. The Hall–Kier alpha value is -2.54. The number of ether oxygens (including phenoxy) is 2. The van der Waals surface area contributed by atoms with Gasteiger partial charge < -0.3 is 19.8 Å². The van der Waals surface area contributed by atoms with Crippen LogP contribution in [0.5, 0.6) is 0 Å². The maximum Gasteiger partial charge on any atom is 0.163 e. The molecule has 5 heteroatoms. The molecule has 0 unspecified atom stereocenters. The number of hydroxylamine groups is 2. The van der Waals surface area contributed by atoms with Gasteiger partial charge in [0.15, 0.2) is 5.79 Å². The Morgan fingerprint density at radius 1 is 0.774 bits per heavy atom. The highest BCUT2D eigenvalue weighted by Crippen LogP contribution is 2.42. The number of aliphatic hydroxyl groups excluding tert-OH is 1. The average Bonchev–Trinajstić information content (AvgIpc) is 3.10. The van der Waals surface area contributed by atoms with Gasteiger partial charge in [-0.2, -0.15) is 5.06 Å². The van der Waals surface area contributed by atoms with E-state index in [-0.39, 0.29) is 6.61 Å². The summed E-state index contributed by atoms with van der Waals surface area (Å²) in [5, 5.41) is 23.1. The predicted octanol–water partition coefficient (Wildman–Crippen LogP) is 4.72. The highest BCUT2D eigenvalue weighted by molar-refractivity contribution is 5.33. The summed E-state index contributed by atoms with van der Waals surface area (Å²) >= 11 is 0. The monoisotopic (exact) mass is 419 g/mol. The van der Waals surface area contributed by atoms with Crippen molar-refractivity contribution in [1.29, 1.82) is 0 Å². The van der Waals surface area contributed by atoms with Crippen LogP contribution in [0.2, 0.25) is 0 Å². The first-order chi connectivity index (χ1) is 15.0. The molecule has 3 aromatic carbocycles. The lowest BCUT2D eigenvalue weighted by molar-refractivity contribution is -0.200. The molecule has 0 aliphatic carbocycles. The molecule has 2 N–H and O–H groups in total. The summed E-state index contributed by atoms with van der Waals surface area (Å²) in [4.78, 5) is 0. The lowest BCUT2D eigenvalue weighted by Gasteiger charge is -2.37. The van der Waals surface area contributed by atoms with Gasteiger partial charge in [-0.15, -0.1) is 0 Å². The van der Waals surface area contributed by atoms with Crippen LogP contribution in [-0.2, 0) is 9.47 Å². The quantitative estimate of drug-likeness (QED) is 0.543. The molecule has 3 aromatic rings. The zero-order chi connectivity index (χ0) is 21.8. The highest BCUT2D eigenvalue weighted by Gasteiger charge is 2.48. The number of nitrogens with zero attached hydrogens (tertiary/aromatic N) is 1. The number of hydrogen-bond donors (Lipinski definition) is 2. The smallest absolute Gasteiger partial charge is 0.163 e. The van der Waals surface area contributed by atoms with Gasteiger partial charge >= 0.3 is 0 Å². The summed E-state index contributed by atoms with van der Waals surface area (Å²) in [6.45, 7) is 3.45. The third kappa shape index (κ3) is 4.71. The zero-order valence-corrected chi connectivity index (χ0v) is 17.8. The van der Waals surface area contributed by atoms with Crippen LogP contribution in [0.15, 0.2) is 91.0 Å². The molecule has 1 heterocycles. The van der Waals surface area contributed by atoms with Gasteiger partial charge in [0.25, 0.3) is 0 Å².